The van der Waals surface area contributed by atoms with Crippen LogP contribution in [0.2, 0.25) is 0 Å². The van der Waals surface area contributed by atoms with Crippen LogP contribution in [0.5, 0.6) is 0 Å². The Hall–Kier alpha value is -8.10. The van der Waals surface area contributed by atoms with E-state index in [0.29, 0.717) is 28.2 Å². The molecule has 0 fully saturated rings. The van der Waals surface area contributed by atoms with Gasteiger partial charge in [-0.15, -0.1) is 0 Å². The zero-order valence-electron chi connectivity index (χ0n) is 27.8. The van der Waals surface area contributed by atoms with Gasteiger partial charge in [-0.25, -0.2) is 9.69 Å². The van der Waals surface area contributed by atoms with Crippen molar-refractivity contribution in [2.75, 3.05) is 0 Å². The molecule has 7 heteroatoms. The topological polar surface area (TPSA) is 79.3 Å². The van der Waals surface area contributed by atoms with E-state index < -0.39 is 0 Å². The lowest BCUT2D eigenvalue weighted by molar-refractivity contribution is 0.669. The molecule has 0 N–H and O–H groups in total. The average Bonchev–Trinajstić information content (AvgIpc) is 3.86. The maximum absolute atomic E-state index is 10.9. The SMILES string of the molecule is [C-]#[N+]c1cc([N+]#[C-])c(-n2c3ccccc3c3ccccc32)c(-c2ccc(C#N)c(C#N)c2-n2c3ccccc3c3cc4oc5ccccc5c4cc32)c1. The number of nitriles is 2. The summed E-state index contributed by atoms with van der Waals surface area (Å²) in [5.74, 6) is 0. The first kappa shape index (κ1) is 29.8. The number of benzene rings is 7. The molecule has 3 aromatic heterocycles. The number of hydrogen-bond acceptors (Lipinski definition) is 3. The summed E-state index contributed by atoms with van der Waals surface area (Å²) in [5, 5.41) is 27.1. The molecule has 0 radical (unpaired) electrons. The first-order valence-electron chi connectivity index (χ1n) is 16.9. The van der Waals surface area contributed by atoms with Gasteiger partial charge in [0.1, 0.15) is 23.3 Å². The molecule has 0 spiro atoms. The Bertz CT molecular complexity index is 3350. The van der Waals surface area contributed by atoms with E-state index in [2.05, 4.69) is 49.2 Å². The number of fused-ring (bicyclic) bond motifs is 9. The Morgan fingerprint density at radius 3 is 1.72 bits per heavy atom. The highest BCUT2D eigenvalue weighted by Crippen LogP contribution is 2.47. The van der Waals surface area contributed by atoms with E-state index in [1.807, 2.05) is 97.1 Å². The first-order valence-corrected chi connectivity index (χ1v) is 16.9. The van der Waals surface area contributed by atoms with Crippen LogP contribution >= 0.6 is 0 Å². The molecule has 0 saturated heterocycles. The van der Waals surface area contributed by atoms with Crippen molar-refractivity contribution in [1.29, 1.82) is 10.5 Å². The summed E-state index contributed by atoms with van der Waals surface area (Å²) in [5.41, 5.74) is 8.24. The molecule has 0 aliphatic heterocycles. The number of para-hydroxylation sites is 4. The number of aromatic nitrogens is 2. The molecule has 7 nitrogen and oxygen atoms in total. The maximum atomic E-state index is 10.9. The highest BCUT2D eigenvalue weighted by Gasteiger charge is 2.26. The zero-order chi connectivity index (χ0) is 35.8. The van der Waals surface area contributed by atoms with E-state index in [9.17, 15) is 10.5 Å². The summed E-state index contributed by atoms with van der Waals surface area (Å²) in [6.45, 7) is 16.5. The molecular weight excluding hydrogens is 653 g/mol. The largest absolute Gasteiger partial charge is 0.456 e. The van der Waals surface area contributed by atoms with Crippen molar-refractivity contribution in [3.8, 4) is 34.6 Å². The minimum absolute atomic E-state index is 0.190. The third-order valence-corrected chi connectivity index (χ3v) is 10.2. The van der Waals surface area contributed by atoms with E-state index in [1.54, 1.807) is 18.2 Å². The summed E-state index contributed by atoms with van der Waals surface area (Å²) in [6, 6.07) is 47.7. The van der Waals surface area contributed by atoms with Crippen molar-refractivity contribution >= 4 is 76.9 Å². The molecule has 0 amide bonds. The van der Waals surface area contributed by atoms with E-state index in [-0.39, 0.29) is 16.8 Å². The molecule has 0 atom stereocenters. The predicted molar refractivity (Wildman–Crippen MR) is 210 cm³/mol. The molecule has 53 heavy (non-hydrogen) atoms. The second kappa shape index (κ2) is 11.2. The van der Waals surface area contributed by atoms with Gasteiger partial charge in [-0.1, -0.05) is 78.9 Å². The lowest BCUT2D eigenvalue weighted by atomic mass is 9.94. The van der Waals surface area contributed by atoms with Crippen LogP contribution in [-0.4, -0.2) is 9.13 Å². The van der Waals surface area contributed by atoms with Crippen LogP contribution < -0.4 is 0 Å². The van der Waals surface area contributed by atoms with Gasteiger partial charge < -0.3 is 13.6 Å². The number of furan rings is 1. The van der Waals surface area contributed by atoms with Gasteiger partial charge in [0, 0.05) is 37.9 Å². The van der Waals surface area contributed by atoms with Crippen LogP contribution in [0, 0.1) is 35.8 Å². The minimum Gasteiger partial charge on any atom is -0.456 e. The number of nitrogens with zero attached hydrogens (tertiary/aromatic N) is 6. The van der Waals surface area contributed by atoms with Crippen molar-refractivity contribution in [1.82, 2.24) is 9.13 Å². The summed E-state index contributed by atoms with van der Waals surface area (Å²) in [7, 11) is 0. The van der Waals surface area contributed by atoms with Gasteiger partial charge in [-0.3, -0.25) is 0 Å². The quantitative estimate of drug-likeness (QED) is 0.175. The average molecular weight is 675 g/mol. The molecular formula is C46H22N6O. The zero-order valence-corrected chi connectivity index (χ0v) is 27.8. The third-order valence-electron chi connectivity index (χ3n) is 10.2. The van der Waals surface area contributed by atoms with Crippen molar-refractivity contribution < 1.29 is 4.42 Å². The van der Waals surface area contributed by atoms with E-state index in [4.69, 9.17) is 17.6 Å². The Morgan fingerprint density at radius 1 is 0.491 bits per heavy atom. The molecule has 242 valence electrons. The minimum atomic E-state index is 0.190. The fraction of sp³-hybridized carbons (Fsp3) is 0. The van der Waals surface area contributed by atoms with Crippen molar-refractivity contribution in [2.45, 2.75) is 0 Å². The van der Waals surface area contributed by atoms with Crippen LogP contribution in [-0.2, 0) is 0 Å². The van der Waals surface area contributed by atoms with Crippen molar-refractivity contribution in [3.05, 3.63) is 167 Å². The molecule has 10 aromatic rings. The Morgan fingerprint density at radius 2 is 1.09 bits per heavy atom. The molecule has 0 saturated carbocycles. The smallest absolute Gasteiger partial charge is 0.201 e. The van der Waals surface area contributed by atoms with Crippen molar-refractivity contribution in [3.63, 3.8) is 0 Å². The monoisotopic (exact) mass is 674 g/mol. The lowest BCUT2D eigenvalue weighted by Crippen LogP contribution is -2.05. The Labute approximate surface area is 302 Å². The molecule has 3 heterocycles. The Balaban J connectivity index is 1.42. The molecule has 0 aliphatic rings. The van der Waals surface area contributed by atoms with Gasteiger partial charge in [-0.05, 0) is 60.2 Å². The summed E-state index contributed by atoms with van der Waals surface area (Å²) >= 11 is 0. The Kier molecular flexibility index (Phi) is 6.30. The predicted octanol–water partition coefficient (Wildman–Crippen LogP) is 12.3. The van der Waals surface area contributed by atoms with E-state index in [0.717, 1.165) is 65.6 Å². The van der Waals surface area contributed by atoms with Gasteiger partial charge in [-0.2, -0.15) is 10.5 Å². The highest BCUT2D eigenvalue weighted by atomic mass is 16.3. The maximum Gasteiger partial charge on any atom is 0.201 e. The van der Waals surface area contributed by atoms with Crippen LogP contribution in [0.15, 0.2) is 138 Å². The van der Waals surface area contributed by atoms with Gasteiger partial charge in [0.15, 0.2) is 5.69 Å². The van der Waals surface area contributed by atoms with Gasteiger partial charge >= 0.3 is 0 Å². The summed E-state index contributed by atoms with van der Waals surface area (Å²) < 4.78 is 10.5. The number of hydrogen-bond donors (Lipinski definition) is 0. The normalized spacial score (nSPS) is 11.3. The van der Waals surface area contributed by atoms with Gasteiger partial charge in [0.05, 0.1) is 57.7 Å². The molecule has 7 aromatic carbocycles. The van der Waals surface area contributed by atoms with Gasteiger partial charge in [0.2, 0.25) is 5.69 Å². The van der Waals surface area contributed by atoms with Crippen LogP contribution in [0.1, 0.15) is 11.1 Å². The summed E-state index contributed by atoms with van der Waals surface area (Å²) in [4.78, 5) is 7.81. The third kappa shape index (κ3) is 4.11. The summed E-state index contributed by atoms with van der Waals surface area (Å²) in [6.07, 6.45) is 0. The van der Waals surface area contributed by atoms with Crippen LogP contribution in [0.25, 0.3) is 97.7 Å². The van der Waals surface area contributed by atoms with Crippen LogP contribution in [0.4, 0.5) is 11.4 Å². The van der Waals surface area contributed by atoms with Gasteiger partial charge in [0.25, 0.3) is 0 Å². The highest BCUT2D eigenvalue weighted by molar-refractivity contribution is 6.18. The second-order valence-electron chi connectivity index (χ2n) is 12.9. The molecule has 0 unspecified atom stereocenters. The lowest BCUT2D eigenvalue weighted by Gasteiger charge is -2.21. The van der Waals surface area contributed by atoms with E-state index in [1.165, 1.54) is 0 Å². The van der Waals surface area contributed by atoms with E-state index >= 15 is 0 Å². The molecule has 0 aliphatic carbocycles. The standard InChI is InChI=1S/C46H22N6O/c1-49-28-21-36(46(38(22-28)50-2)51-39-15-7-3-11-29(39)30-12-4-8-16-40(30)51)33-20-19-27(25-47)37(26-48)45(33)52-41-17-9-5-13-31(41)34-24-44-35(23-42(34)52)32-14-6-10-18-43(32)53-44/h3-24H. The first-order chi connectivity index (χ1) is 26.1. The molecule has 10 rings (SSSR count). The van der Waals surface area contributed by atoms with Crippen molar-refractivity contribution in [2.24, 2.45) is 0 Å². The fourth-order valence-electron chi connectivity index (χ4n) is 8.03. The molecule has 0 bridgehead atoms. The fourth-order valence-corrected chi connectivity index (χ4v) is 8.03. The number of rotatable bonds is 3. The second-order valence-corrected chi connectivity index (χ2v) is 12.9. The van der Waals surface area contributed by atoms with Crippen LogP contribution in [0.3, 0.4) is 0 Å².